The molecule has 0 aromatic heterocycles. The summed E-state index contributed by atoms with van der Waals surface area (Å²) < 4.78 is 5.64. The lowest BCUT2D eigenvalue weighted by Crippen LogP contribution is -2.40. The van der Waals surface area contributed by atoms with Crippen LogP contribution in [0.1, 0.15) is 26.7 Å². The summed E-state index contributed by atoms with van der Waals surface area (Å²) in [6.07, 6.45) is 0.840. The van der Waals surface area contributed by atoms with Crippen LogP contribution in [0.3, 0.4) is 0 Å². The van der Waals surface area contributed by atoms with Gasteiger partial charge in [0.25, 0.3) is 5.91 Å². The number of ether oxygens (including phenoxy) is 1. The second-order valence-corrected chi connectivity index (χ2v) is 6.98. The number of para-hydroxylation sites is 3. The Morgan fingerprint density at radius 1 is 0.964 bits per heavy atom. The molecule has 3 atom stereocenters. The van der Waals surface area contributed by atoms with Crippen molar-refractivity contribution in [2.45, 2.75) is 38.8 Å². The molecular formula is C22H24N2O4. The summed E-state index contributed by atoms with van der Waals surface area (Å²) in [5.41, 5.74) is 1.34. The molecule has 0 unspecified atom stereocenters. The van der Waals surface area contributed by atoms with Crippen LogP contribution in [0, 0.1) is 5.92 Å². The van der Waals surface area contributed by atoms with Crippen molar-refractivity contribution in [3.63, 3.8) is 0 Å². The van der Waals surface area contributed by atoms with Crippen molar-refractivity contribution < 1.29 is 19.2 Å². The third kappa shape index (κ3) is 2.94. The Bertz CT molecular complexity index is 870. The summed E-state index contributed by atoms with van der Waals surface area (Å²) in [7, 11) is 0. The number of hydroxylamine groups is 1. The van der Waals surface area contributed by atoms with Crippen molar-refractivity contribution in [3.05, 3.63) is 54.6 Å². The van der Waals surface area contributed by atoms with Crippen LogP contribution in [0.25, 0.3) is 0 Å². The van der Waals surface area contributed by atoms with Crippen molar-refractivity contribution in [3.8, 4) is 5.75 Å². The molecule has 6 nitrogen and oxygen atoms in total. The van der Waals surface area contributed by atoms with Crippen molar-refractivity contribution in [1.82, 2.24) is 0 Å². The summed E-state index contributed by atoms with van der Waals surface area (Å²) in [6, 6.07) is 16.6. The van der Waals surface area contributed by atoms with Gasteiger partial charge in [0.2, 0.25) is 5.91 Å². The topological polar surface area (TPSA) is 59.1 Å². The van der Waals surface area contributed by atoms with Gasteiger partial charge >= 0.3 is 0 Å². The van der Waals surface area contributed by atoms with Crippen molar-refractivity contribution >= 4 is 23.2 Å². The van der Waals surface area contributed by atoms with Gasteiger partial charge in [-0.05, 0) is 37.6 Å². The highest BCUT2D eigenvalue weighted by atomic mass is 16.7. The lowest BCUT2D eigenvalue weighted by Gasteiger charge is -2.28. The van der Waals surface area contributed by atoms with Gasteiger partial charge in [-0.2, -0.15) is 0 Å². The monoisotopic (exact) mass is 380 g/mol. The molecule has 2 aliphatic rings. The predicted molar refractivity (Wildman–Crippen MR) is 106 cm³/mol. The van der Waals surface area contributed by atoms with E-state index in [0.29, 0.717) is 18.0 Å². The Balaban J connectivity index is 1.69. The fourth-order valence-corrected chi connectivity index (χ4v) is 4.07. The largest absolute Gasteiger partial charge is 0.492 e. The zero-order chi connectivity index (χ0) is 19.7. The van der Waals surface area contributed by atoms with Crippen LogP contribution in [0.5, 0.6) is 5.75 Å². The average molecular weight is 380 g/mol. The SMILES string of the molecule is CCC[C@H]1[C@@H]2C(=O)N(c3ccccc3OCC)C(=O)[C@@H]2ON1c1ccccc1. The van der Waals surface area contributed by atoms with Crippen LogP contribution in [0.2, 0.25) is 0 Å². The van der Waals surface area contributed by atoms with E-state index >= 15 is 0 Å². The highest BCUT2D eigenvalue weighted by Gasteiger charge is 2.59. The number of fused-ring (bicyclic) bond motifs is 1. The molecule has 2 aliphatic heterocycles. The minimum absolute atomic E-state index is 0.182. The molecule has 6 heteroatoms. The summed E-state index contributed by atoms with van der Waals surface area (Å²) in [4.78, 5) is 33.8. The first-order valence-electron chi connectivity index (χ1n) is 9.78. The summed E-state index contributed by atoms with van der Waals surface area (Å²) in [6.45, 7) is 4.40. The number of hydrogen-bond donors (Lipinski definition) is 0. The number of amides is 2. The summed E-state index contributed by atoms with van der Waals surface area (Å²) >= 11 is 0. The van der Waals surface area contributed by atoms with Gasteiger partial charge < -0.3 is 4.74 Å². The molecule has 0 N–H and O–H groups in total. The summed E-state index contributed by atoms with van der Waals surface area (Å²) in [5, 5.41) is 1.75. The van der Waals surface area contributed by atoms with Crippen LogP contribution in [-0.4, -0.2) is 30.6 Å². The number of nitrogens with zero attached hydrogens (tertiary/aromatic N) is 2. The number of rotatable bonds is 6. The Morgan fingerprint density at radius 3 is 2.39 bits per heavy atom. The molecular weight excluding hydrogens is 356 g/mol. The van der Waals surface area contributed by atoms with Gasteiger partial charge in [-0.15, -0.1) is 0 Å². The molecule has 2 amide bonds. The van der Waals surface area contributed by atoms with Crippen LogP contribution in [-0.2, 0) is 14.4 Å². The van der Waals surface area contributed by atoms with Crippen LogP contribution < -0.4 is 14.7 Å². The molecule has 0 bridgehead atoms. The van der Waals surface area contributed by atoms with E-state index in [2.05, 4.69) is 6.92 Å². The minimum Gasteiger partial charge on any atom is -0.492 e. The number of carbonyl (C=O) groups excluding carboxylic acids is 2. The standard InChI is InChI=1S/C22H24N2O4/c1-3-10-17-19-20(28-24(17)15-11-6-5-7-12-15)22(26)23(21(19)25)16-13-8-9-14-18(16)27-4-2/h5-9,11-14,17,19-20H,3-4,10H2,1-2H3/t17-,19-,20+/m0/s1. The third-order valence-corrected chi connectivity index (χ3v) is 5.24. The lowest BCUT2D eigenvalue weighted by atomic mass is 9.93. The van der Waals surface area contributed by atoms with Crippen LogP contribution in [0.4, 0.5) is 11.4 Å². The van der Waals surface area contributed by atoms with Crippen molar-refractivity contribution in [2.24, 2.45) is 5.92 Å². The van der Waals surface area contributed by atoms with Gasteiger partial charge in [-0.25, -0.2) is 9.96 Å². The van der Waals surface area contributed by atoms with E-state index in [0.717, 1.165) is 18.5 Å². The maximum Gasteiger partial charge on any atom is 0.266 e. The van der Waals surface area contributed by atoms with Crippen molar-refractivity contribution in [2.75, 3.05) is 16.6 Å². The number of hydrogen-bond acceptors (Lipinski definition) is 5. The van der Waals surface area contributed by atoms with Gasteiger partial charge in [-0.1, -0.05) is 43.7 Å². The van der Waals surface area contributed by atoms with E-state index in [-0.39, 0.29) is 17.9 Å². The molecule has 0 spiro atoms. The average Bonchev–Trinajstić information content (AvgIpc) is 3.20. The van der Waals surface area contributed by atoms with E-state index in [1.54, 1.807) is 23.3 Å². The zero-order valence-electron chi connectivity index (χ0n) is 16.1. The van der Waals surface area contributed by atoms with Crippen LogP contribution >= 0.6 is 0 Å². The van der Waals surface area contributed by atoms with E-state index in [9.17, 15) is 9.59 Å². The molecule has 0 saturated carbocycles. The smallest absolute Gasteiger partial charge is 0.266 e. The van der Waals surface area contributed by atoms with Gasteiger partial charge in [0, 0.05) is 0 Å². The Labute approximate surface area is 164 Å². The van der Waals surface area contributed by atoms with E-state index < -0.39 is 12.0 Å². The molecule has 28 heavy (non-hydrogen) atoms. The molecule has 2 aromatic rings. The third-order valence-electron chi connectivity index (χ3n) is 5.24. The normalized spacial score (nSPS) is 24.0. The maximum atomic E-state index is 13.4. The van der Waals surface area contributed by atoms with Crippen LogP contribution in [0.15, 0.2) is 54.6 Å². The predicted octanol–water partition coefficient (Wildman–Crippen LogP) is 3.56. The molecule has 2 saturated heterocycles. The van der Waals surface area contributed by atoms with Gasteiger partial charge in [0.1, 0.15) is 5.75 Å². The van der Waals surface area contributed by atoms with E-state index in [1.165, 1.54) is 4.90 Å². The molecule has 4 rings (SSSR count). The lowest BCUT2D eigenvalue weighted by molar-refractivity contribution is -0.126. The van der Waals surface area contributed by atoms with Gasteiger partial charge in [0.05, 0.1) is 29.9 Å². The van der Waals surface area contributed by atoms with Gasteiger partial charge in [0.15, 0.2) is 6.10 Å². The Hall–Kier alpha value is -2.86. The number of benzene rings is 2. The first-order chi connectivity index (χ1) is 13.7. The molecule has 146 valence electrons. The number of carbonyl (C=O) groups is 2. The maximum absolute atomic E-state index is 13.4. The van der Waals surface area contributed by atoms with Gasteiger partial charge in [-0.3, -0.25) is 14.4 Å². The Morgan fingerprint density at radius 2 is 1.68 bits per heavy atom. The fourth-order valence-electron chi connectivity index (χ4n) is 4.07. The number of imide groups is 1. The highest BCUT2D eigenvalue weighted by molar-refractivity contribution is 6.24. The molecule has 2 heterocycles. The first-order valence-corrected chi connectivity index (χ1v) is 9.78. The Kier molecular flexibility index (Phi) is 5.05. The molecule has 2 fully saturated rings. The fraction of sp³-hybridized carbons (Fsp3) is 0.364. The number of anilines is 2. The second-order valence-electron chi connectivity index (χ2n) is 6.98. The zero-order valence-corrected chi connectivity index (χ0v) is 16.1. The van der Waals surface area contributed by atoms with Crippen molar-refractivity contribution in [1.29, 1.82) is 0 Å². The second kappa shape index (κ2) is 7.64. The summed E-state index contributed by atoms with van der Waals surface area (Å²) in [5.74, 6) is -0.554. The molecule has 0 aliphatic carbocycles. The van der Waals surface area contributed by atoms with E-state index in [4.69, 9.17) is 9.57 Å². The molecule has 0 radical (unpaired) electrons. The molecule has 2 aromatic carbocycles. The first kappa shape index (κ1) is 18.5. The highest BCUT2D eigenvalue weighted by Crippen LogP contribution is 2.43. The minimum atomic E-state index is -0.807. The van der Waals surface area contributed by atoms with E-state index in [1.807, 2.05) is 43.3 Å². The quantitative estimate of drug-likeness (QED) is 0.717.